The lowest BCUT2D eigenvalue weighted by Crippen LogP contribution is -2.35. The van der Waals surface area contributed by atoms with Crippen molar-refractivity contribution in [1.82, 2.24) is 5.27 Å². The van der Waals surface area contributed by atoms with Crippen LogP contribution in [0.1, 0.15) is 13.3 Å². The van der Waals surface area contributed by atoms with Crippen molar-refractivity contribution in [2.24, 2.45) is 7.05 Å². The fourth-order valence-corrected chi connectivity index (χ4v) is 2.97. The molecule has 1 aromatic carbocycles. The van der Waals surface area contributed by atoms with Crippen molar-refractivity contribution in [3.8, 4) is 0 Å². The van der Waals surface area contributed by atoms with E-state index in [2.05, 4.69) is 37.7 Å². The van der Waals surface area contributed by atoms with Gasteiger partial charge in [-0.1, -0.05) is 11.6 Å². The molecule has 2 N–H and O–H groups in total. The molecule has 0 fully saturated rings. The summed E-state index contributed by atoms with van der Waals surface area (Å²) in [5.74, 6) is -0.135. The normalized spacial score (nSPS) is 12.1. The zero-order valence-electron chi connectivity index (χ0n) is 11.6. The molecule has 1 amide bonds. The second-order valence-electron chi connectivity index (χ2n) is 4.36. The molecule has 0 spiro atoms. The van der Waals surface area contributed by atoms with Crippen molar-refractivity contribution in [1.29, 1.82) is 0 Å². The largest absolute Gasteiger partial charge is 0.441 e. The van der Waals surface area contributed by atoms with Gasteiger partial charge in [0.15, 0.2) is 7.05 Å². The van der Waals surface area contributed by atoms with E-state index in [1.807, 2.05) is 31.2 Å². The van der Waals surface area contributed by atoms with Crippen LogP contribution in [0.4, 0.5) is 5.69 Å². The van der Waals surface area contributed by atoms with Gasteiger partial charge in [-0.15, -0.1) is 0 Å². The maximum absolute atomic E-state index is 12.3. The maximum atomic E-state index is 12.3. The number of benzene rings is 1. The van der Waals surface area contributed by atoms with Gasteiger partial charge in [0, 0.05) is 9.26 Å². The minimum absolute atomic E-state index is 0.135. The van der Waals surface area contributed by atoms with Crippen LogP contribution in [0.15, 0.2) is 38.6 Å². The molecule has 8 heteroatoms. The molecule has 2 aromatic rings. The van der Waals surface area contributed by atoms with E-state index in [0.29, 0.717) is 11.4 Å². The number of aryl methyl sites for hydroxylation is 1. The summed E-state index contributed by atoms with van der Waals surface area (Å²) < 4.78 is 7.25. The van der Waals surface area contributed by atoms with E-state index >= 15 is 0 Å². The number of aromatic nitrogens is 2. The first-order valence-electron chi connectivity index (χ1n) is 6.32. The number of halogens is 1. The molecule has 0 saturated carbocycles. The number of anilines is 1. The molecule has 0 aliphatic rings. The van der Waals surface area contributed by atoms with Crippen molar-refractivity contribution in [3.63, 3.8) is 0 Å². The van der Waals surface area contributed by atoms with Gasteiger partial charge in [-0.25, -0.2) is 4.79 Å². The molecule has 1 unspecified atom stereocenters. The highest BCUT2D eigenvalue weighted by Gasteiger charge is 2.27. The van der Waals surface area contributed by atoms with Crippen LogP contribution in [0.25, 0.3) is 0 Å². The molecule has 0 radical (unpaired) electrons. The first-order valence-corrected chi connectivity index (χ1v) is 8.27. The minimum Gasteiger partial charge on any atom is -0.325 e. The zero-order chi connectivity index (χ0) is 15.4. The molecular weight excluding hydrogens is 405 g/mol. The van der Waals surface area contributed by atoms with Crippen molar-refractivity contribution >= 4 is 45.9 Å². The van der Waals surface area contributed by atoms with Crippen molar-refractivity contribution < 1.29 is 14.0 Å². The van der Waals surface area contributed by atoms with Gasteiger partial charge in [0.25, 0.3) is 0 Å². The van der Waals surface area contributed by atoms with E-state index in [-0.39, 0.29) is 11.2 Å². The highest BCUT2D eigenvalue weighted by atomic mass is 127. The predicted octanol–water partition coefficient (Wildman–Crippen LogP) is 1.91. The number of carbonyl (C=O) groups excluding carboxylic acids is 1. The van der Waals surface area contributed by atoms with Crippen molar-refractivity contribution in [3.05, 3.63) is 38.3 Å². The SMILES string of the molecule is CCC(Sc1c(=O)o[nH][n+]1C)C(=O)Nc1ccc(I)cc1. The van der Waals surface area contributed by atoms with Gasteiger partial charge < -0.3 is 5.32 Å². The van der Waals surface area contributed by atoms with Crippen LogP contribution in [0.2, 0.25) is 0 Å². The number of hydrogen-bond acceptors (Lipinski definition) is 4. The standard InChI is InChI=1S/C13H14IN3O3S/c1-3-10(21-12-13(19)20-16-17(12)2)11(18)15-9-6-4-8(14)5-7-9/h4-7,10H,3H2,1-2H3,(H-,15,16,18,19)/p+1. The number of nitrogens with zero attached hydrogens (tertiary/aromatic N) is 1. The quantitative estimate of drug-likeness (QED) is 0.440. The van der Waals surface area contributed by atoms with E-state index < -0.39 is 5.63 Å². The third kappa shape index (κ3) is 4.10. The van der Waals surface area contributed by atoms with E-state index in [4.69, 9.17) is 0 Å². The monoisotopic (exact) mass is 420 g/mol. The summed E-state index contributed by atoms with van der Waals surface area (Å²) in [6, 6.07) is 7.54. The lowest BCUT2D eigenvalue weighted by atomic mass is 10.3. The van der Waals surface area contributed by atoms with Crippen molar-refractivity contribution in [2.45, 2.75) is 23.6 Å². The Labute approximate surface area is 139 Å². The average Bonchev–Trinajstić information content (AvgIpc) is 2.78. The second-order valence-corrected chi connectivity index (χ2v) is 6.79. The van der Waals surface area contributed by atoms with Crippen molar-refractivity contribution in [2.75, 3.05) is 5.32 Å². The van der Waals surface area contributed by atoms with E-state index in [9.17, 15) is 9.59 Å². The highest BCUT2D eigenvalue weighted by molar-refractivity contribution is 14.1. The molecule has 0 bridgehead atoms. The van der Waals surface area contributed by atoms with Crippen LogP contribution in [0, 0.1) is 3.57 Å². The fourth-order valence-electron chi connectivity index (χ4n) is 1.67. The third-order valence-electron chi connectivity index (χ3n) is 2.78. The topological polar surface area (TPSA) is 79.0 Å². The Morgan fingerprint density at radius 2 is 2.14 bits per heavy atom. The summed E-state index contributed by atoms with van der Waals surface area (Å²) >= 11 is 3.40. The third-order valence-corrected chi connectivity index (χ3v) is 5.00. The van der Waals surface area contributed by atoms with Crippen LogP contribution in [-0.2, 0) is 11.8 Å². The van der Waals surface area contributed by atoms with Crippen LogP contribution < -0.4 is 15.6 Å². The van der Waals surface area contributed by atoms with Gasteiger partial charge in [-0.05, 0) is 70.3 Å². The first-order chi connectivity index (χ1) is 10.0. The average molecular weight is 420 g/mol. The smallest absolute Gasteiger partial charge is 0.325 e. The molecule has 2 rings (SSSR count). The number of nitrogens with one attached hydrogen (secondary N) is 2. The number of H-pyrrole nitrogens is 1. The molecule has 6 nitrogen and oxygen atoms in total. The van der Waals surface area contributed by atoms with E-state index in [1.165, 1.54) is 16.4 Å². The number of amides is 1. The van der Waals surface area contributed by atoms with Crippen LogP contribution in [0.5, 0.6) is 0 Å². The molecule has 1 aromatic heterocycles. The van der Waals surface area contributed by atoms with Crippen LogP contribution >= 0.6 is 34.4 Å². The molecule has 112 valence electrons. The Kier molecular flexibility index (Phi) is 5.45. The Morgan fingerprint density at radius 1 is 1.48 bits per heavy atom. The van der Waals surface area contributed by atoms with E-state index in [1.54, 1.807) is 7.05 Å². The molecule has 0 aliphatic heterocycles. The predicted molar refractivity (Wildman–Crippen MR) is 88.2 cm³/mol. The summed E-state index contributed by atoms with van der Waals surface area (Å²) in [5.41, 5.74) is 0.271. The Morgan fingerprint density at radius 3 is 2.67 bits per heavy atom. The van der Waals surface area contributed by atoms with Gasteiger partial charge in [-0.3, -0.25) is 9.32 Å². The molecular formula is C13H15IN3O3S+. The summed E-state index contributed by atoms with van der Waals surface area (Å²) in [4.78, 5) is 23.8. The number of carbonyl (C=O) groups is 1. The number of thioether (sulfide) groups is 1. The molecule has 0 saturated heterocycles. The van der Waals surface area contributed by atoms with Gasteiger partial charge in [0.1, 0.15) is 0 Å². The Bertz CT molecular complexity index is 681. The van der Waals surface area contributed by atoms with Gasteiger partial charge in [0.05, 0.1) is 5.25 Å². The molecule has 21 heavy (non-hydrogen) atoms. The van der Waals surface area contributed by atoms with Gasteiger partial charge in [-0.2, -0.15) is 0 Å². The second kappa shape index (κ2) is 7.12. The fraction of sp³-hybridized carbons (Fsp3) is 0.308. The lowest BCUT2D eigenvalue weighted by molar-refractivity contribution is -0.772. The van der Waals surface area contributed by atoms with E-state index in [0.717, 1.165) is 9.26 Å². The lowest BCUT2D eigenvalue weighted by Gasteiger charge is -2.12. The Hall–Kier alpha value is -1.29. The van der Waals surface area contributed by atoms with Crippen LogP contribution in [-0.4, -0.2) is 16.4 Å². The highest BCUT2D eigenvalue weighted by Crippen LogP contribution is 2.21. The summed E-state index contributed by atoms with van der Waals surface area (Å²) in [6.07, 6.45) is 0.603. The van der Waals surface area contributed by atoms with Crippen LogP contribution in [0.3, 0.4) is 0 Å². The number of rotatable bonds is 5. The Balaban J connectivity index is 2.08. The molecule has 0 aliphatic carbocycles. The first kappa shape index (κ1) is 16.1. The zero-order valence-corrected chi connectivity index (χ0v) is 14.5. The maximum Gasteiger partial charge on any atom is 0.441 e. The summed E-state index contributed by atoms with van der Waals surface area (Å²) in [6.45, 7) is 1.90. The van der Waals surface area contributed by atoms with Gasteiger partial charge in [0.2, 0.25) is 5.91 Å². The van der Waals surface area contributed by atoms with Gasteiger partial charge >= 0.3 is 10.7 Å². The molecule has 1 atom stereocenters. The molecule has 1 heterocycles. The summed E-state index contributed by atoms with van der Waals surface area (Å²) in [7, 11) is 1.66. The summed E-state index contributed by atoms with van der Waals surface area (Å²) in [5, 5.41) is 5.30. The number of hydrogen-bond donors (Lipinski definition) is 2. The number of aromatic amines is 1. The minimum atomic E-state index is -0.469.